The maximum atomic E-state index is 11.8. The Balaban J connectivity index is 1.59. The highest BCUT2D eigenvalue weighted by Gasteiger charge is 2.30. The molecule has 2 amide bonds. The molecule has 1 aliphatic heterocycles. The minimum atomic E-state index is -0.837. The Morgan fingerprint density at radius 1 is 1.33 bits per heavy atom. The lowest BCUT2D eigenvalue weighted by atomic mass is 10.1. The van der Waals surface area contributed by atoms with Crippen LogP contribution in [0.1, 0.15) is 12.0 Å². The van der Waals surface area contributed by atoms with Gasteiger partial charge in [0.15, 0.2) is 0 Å². The average molecular weight is 292 g/mol. The van der Waals surface area contributed by atoms with E-state index in [0.29, 0.717) is 32.7 Å². The van der Waals surface area contributed by atoms with Crippen molar-refractivity contribution in [1.29, 1.82) is 0 Å². The van der Waals surface area contributed by atoms with Crippen molar-refractivity contribution < 1.29 is 19.4 Å². The molecular formula is C15H20N2O4. The fraction of sp³-hybridized carbons (Fsp3) is 0.467. The Hall–Kier alpha value is -2.08. The number of carbonyl (C=O) groups is 2. The number of urea groups is 1. The number of benzene rings is 1. The van der Waals surface area contributed by atoms with E-state index >= 15 is 0 Å². The van der Waals surface area contributed by atoms with Crippen molar-refractivity contribution >= 4 is 12.0 Å². The Kier molecular flexibility index (Phi) is 5.57. The van der Waals surface area contributed by atoms with Crippen molar-refractivity contribution in [2.45, 2.75) is 13.0 Å². The molecule has 0 aliphatic carbocycles. The number of hydrogen-bond donors (Lipinski definition) is 2. The van der Waals surface area contributed by atoms with Crippen molar-refractivity contribution in [2.75, 3.05) is 26.2 Å². The van der Waals surface area contributed by atoms with E-state index in [-0.39, 0.29) is 12.6 Å². The number of rotatable bonds is 6. The number of carbonyl (C=O) groups excluding carboxylic acids is 1. The van der Waals surface area contributed by atoms with Gasteiger partial charge < -0.3 is 20.1 Å². The van der Waals surface area contributed by atoms with Gasteiger partial charge in [0.25, 0.3) is 0 Å². The highest BCUT2D eigenvalue weighted by Crippen LogP contribution is 2.15. The summed E-state index contributed by atoms with van der Waals surface area (Å²) in [7, 11) is 0. The standard InChI is InChI=1S/C15H20N2O4/c18-14(19)13-6-8-17(10-13)15(20)16-7-9-21-11-12-4-2-1-3-5-12/h1-5,13H,6-11H2,(H,16,20)(H,18,19). The van der Waals surface area contributed by atoms with Gasteiger partial charge in [-0.3, -0.25) is 4.79 Å². The van der Waals surface area contributed by atoms with E-state index in [1.54, 1.807) is 0 Å². The molecule has 1 unspecified atom stereocenters. The molecule has 2 rings (SSSR count). The smallest absolute Gasteiger partial charge is 0.317 e. The van der Waals surface area contributed by atoms with Crippen molar-refractivity contribution in [1.82, 2.24) is 10.2 Å². The summed E-state index contributed by atoms with van der Waals surface area (Å²) in [6.45, 7) is 2.14. The van der Waals surface area contributed by atoms with Gasteiger partial charge in [-0.2, -0.15) is 0 Å². The van der Waals surface area contributed by atoms with E-state index in [9.17, 15) is 9.59 Å². The zero-order chi connectivity index (χ0) is 15.1. The van der Waals surface area contributed by atoms with Gasteiger partial charge in [0.2, 0.25) is 0 Å². The van der Waals surface area contributed by atoms with Crippen LogP contribution in [0.5, 0.6) is 0 Å². The summed E-state index contributed by atoms with van der Waals surface area (Å²) in [6, 6.07) is 9.59. The van der Waals surface area contributed by atoms with E-state index in [1.807, 2.05) is 30.3 Å². The van der Waals surface area contributed by atoms with Crippen molar-refractivity contribution in [3.63, 3.8) is 0 Å². The lowest BCUT2D eigenvalue weighted by Crippen LogP contribution is -2.40. The second kappa shape index (κ2) is 7.64. The number of carboxylic acid groups (broad SMARTS) is 1. The molecule has 1 aliphatic rings. The monoisotopic (exact) mass is 292 g/mol. The first-order valence-electron chi connectivity index (χ1n) is 7.04. The maximum absolute atomic E-state index is 11.8. The topological polar surface area (TPSA) is 78.9 Å². The number of ether oxygens (including phenoxy) is 1. The molecule has 2 N–H and O–H groups in total. The van der Waals surface area contributed by atoms with Gasteiger partial charge in [-0.05, 0) is 12.0 Å². The molecule has 0 aromatic heterocycles. The minimum Gasteiger partial charge on any atom is -0.481 e. The average Bonchev–Trinajstić information content (AvgIpc) is 2.98. The lowest BCUT2D eigenvalue weighted by molar-refractivity contribution is -0.141. The van der Waals surface area contributed by atoms with E-state index in [1.165, 1.54) is 4.90 Å². The number of likely N-dealkylation sites (tertiary alicyclic amines) is 1. The zero-order valence-corrected chi connectivity index (χ0v) is 11.8. The van der Waals surface area contributed by atoms with Crippen LogP contribution in [0.15, 0.2) is 30.3 Å². The summed E-state index contributed by atoms with van der Waals surface area (Å²) in [6.07, 6.45) is 0.521. The van der Waals surface area contributed by atoms with Gasteiger partial charge in [0, 0.05) is 19.6 Å². The van der Waals surface area contributed by atoms with E-state index in [2.05, 4.69) is 5.32 Å². The summed E-state index contributed by atoms with van der Waals surface area (Å²) in [5.74, 6) is -1.28. The summed E-state index contributed by atoms with van der Waals surface area (Å²) in [5, 5.41) is 11.6. The van der Waals surface area contributed by atoms with Crippen LogP contribution in [0.4, 0.5) is 4.79 Å². The molecule has 0 bridgehead atoms. The molecule has 0 spiro atoms. The Morgan fingerprint density at radius 2 is 2.10 bits per heavy atom. The molecule has 114 valence electrons. The summed E-state index contributed by atoms with van der Waals surface area (Å²) < 4.78 is 5.46. The molecule has 1 heterocycles. The maximum Gasteiger partial charge on any atom is 0.317 e. The second-order valence-corrected chi connectivity index (χ2v) is 5.04. The number of nitrogens with one attached hydrogen (secondary N) is 1. The third kappa shape index (κ3) is 4.75. The zero-order valence-electron chi connectivity index (χ0n) is 11.8. The van der Waals surface area contributed by atoms with Crippen molar-refractivity contribution in [3.8, 4) is 0 Å². The van der Waals surface area contributed by atoms with Crippen molar-refractivity contribution in [3.05, 3.63) is 35.9 Å². The van der Waals surface area contributed by atoms with Crippen LogP contribution in [-0.4, -0.2) is 48.2 Å². The highest BCUT2D eigenvalue weighted by molar-refractivity contribution is 5.77. The Morgan fingerprint density at radius 3 is 2.76 bits per heavy atom. The van der Waals surface area contributed by atoms with Gasteiger partial charge in [-0.25, -0.2) is 4.79 Å². The normalized spacial score (nSPS) is 17.7. The molecular weight excluding hydrogens is 272 g/mol. The number of aliphatic carboxylic acids is 1. The van der Waals surface area contributed by atoms with E-state index in [0.717, 1.165) is 5.56 Å². The molecule has 1 aromatic carbocycles. The SMILES string of the molecule is O=C(O)C1CCN(C(=O)NCCOCc2ccccc2)C1. The van der Waals surface area contributed by atoms with Gasteiger partial charge in [-0.1, -0.05) is 30.3 Å². The molecule has 1 aromatic rings. The van der Waals surface area contributed by atoms with Gasteiger partial charge in [-0.15, -0.1) is 0 Å². The summed E-state index contributed by atoms with van der Waals surface area (Å²) >= 11 is 0. The van der Waals surface area contributed by atoms with Crippen molar-refractivity contribution in [2.24, 2.45) is 5.92 Å². The number of amides is 2. The van der Waals surface area contributed by atoms with Crippen LogP contribution in [0.3, 0.4) is 0 Å². The Bertz CT molecular complexity index is 478. The molecule has 0 radical (unpaired) electrons. The van der Waals surface area contributed by atoms with Crippen LogP contribution in [0.2, 0.25) is 0 Å². The van der Waals surface area contributed by atoms with E-state index in [4.69, 9.17) is 9.84 Å². The first-order valence-corrected chi connectivity index (χ1v) is 7.04. The van der Waals surface area contributed by atoms with Gasteiger partial charge in [0.1, 0.15) is 0 Å². The fourth-order valence-electron chi connectivity index (χ4n) is 2.25. The summed E-state index contributed by atoms with van der Waals surface area (Å²) in [4.78, 5) is 24.2. The molecule has 1 atom stereocenters. The molecule has 6 nitrogen and oxygen atoms in total. The molecule has 0 saturated carbocycles. The van der Waals surface area contributed by atoms with Crippen LogP contribution in [-0.2, 0) is 16.1 Å². The molecule has 6 heteroatoms. The molecule has 1 fully saturated rings. The van der Waals surface area contributed by atoms with Gasteiger partial charge >= 0.3 is 12.0 Å². The minimum absolute atomic E-state index is 0.220. The number of hydrogen-bond acceptors (Lipinski definition) is 3. The predicted molar refractivity (Wildman–Crippen MR) is 76.8 cm³/mol. The predicted octanol–water partition coefficient (Wildman–Crippen LogP) is 1.32. The first kappa shape index (κ1) is 15.3. The number of carboxylic acids is 1. The lowest BCUT2D eigenvalue weighted by Gasteiger charge is -2.16. The summed E-state index contributed by atoms with van der Waals surface area (Å²) in [5.41, 5.74) is 1.09. The highest BCUT2D eigenvalue weighted by atomic mass is 16.5. The molecule has 1 saturated heterocycles. The van der Waals surface area contributed by atoms with Crippen LogP contribution in [0.25, 0.3) is 0 Å². The fourth-order valence-corrected chi connectivity index (χ4v) is 2.25. The molecule has 21 heavy (non-hydrogen) atoms. The largest absolute Gasteiger partial charge is 0.481 e. The Labute approximate surface area is 123 Å². The van der Waals surface area contributed by atoms with Crippen LogP contribution < -0.4 is 5.32 Å². The third-order valence-corrected chi connectivity index (χ3v) is 3.46. The second-order valence-electron chi connectivity index (χ2n) is 5.04. The van der Waals surface area contributed by atoms with Crippen LogP contribution >= 0.6 is 0 Å². The number of nitrogens with zero attached hydrogens (tertiary/aromatic N) is 1. The van der Waals surface area contributed by atoms with Gasteiger partial charge in [0.05, 0.1) is 19.1 Å². The quantitative estimate of drug-likeness (QED) is 0.775. The first-order chi connectivity index (χ1) is 10.2. The van der Waals surface area contributed by atoms with Crippen LogP contribution in [0, 0.1) is 5.92 Å². The third-order valence-electron chi connectivity index (χ3n) is 3.46. The van der Waals surface area contributed by atoms with E-state index < -0.39 is 11.9 Å².